The normalized spacial score (nSPS) is 21.8. The van der Waals surface area contributed by atoms with E-state index in [1.54, 1.807) is 12.1 Å². The third-order valence-corrected chi connectivity index (χ3v) is 5.14. The van der Waals surface area contributed by atoms with Crippen LogP contribution in [-0.2, 0) is 4.79 Å². The second-order valence-corrected chi connectivity index (χ2v) is 6.55. The monoisotopic (exact) mass is 343 g/mol. The van der Waals surface area contributed by atoms with E-state index in [2.05, 4.69) is 0 Å². The molecule has 4 nitrogen and oxygen atoms in total. The number of hydrogen-bond acceptors (Lipinski definition) is 3. The van der Waals surface area contributed by atoms with Gasteiger partial charge >= 0.3 is 0 Å². The van der Waals surface area contributed by atoms with Crippen molar-refractivity contribution in [3.8, 4) is 0 Å². The Bertz CT molecular complexity index is 936. The quantitative estimate of drug-likeness (QED) is 0.503. The molecule has 0 aromatic heterocycles. The van der Waals surface area contributed by atoms with Gasteiger partial charge in [0.2, 0.25) is 0 Å². The van der Waals surface area contributed by atoms with Crippen molar-refractivity contribution < 1.29 is 9.72 Å². The number of rotatable bonds is 4. The van der Waals surface area contributed by atoms with Gasteiger partial charge in [-0.1, -0.05) is 72.8 Å². The van der Waals surface area contributed by atoms with Gasteiger partial charge in [-0.3, -0.25) is 14.9 Å². The Morgan fingerprint density at radius 2 is 1.12 bits per heavy atom. The summed E-state index contributed by atoms with van der Waals surface area (Å²) < 4.78 is 0. The fourth-order valence-corrected chi connectivity index (χ4v) is 3.89. The first-order valence-corrected chi connectivity index (χ1v) is 8.55. The maximum Gasteiger partial charge on any atom is 0.269 e. The van der Waals surface area contributed by atoms with E-state index in [4.69, 9.17) is 0 Å². The third-order valence-electron chi connectivity index (χ3n) is 5.14. The first kappa shape index (κ1) is 16.2. The number of non-ortho nitro benzene ring substituents is 1. The van der Waals surface area contributed by atoms with Crippen LogP contribution >= 0.6 is 0 Å². The largest absolute Gasteiger partial charge is 0.298 e. The summed E-state index contributed by atoms with van der Waals surface area (Å²) in [6.07, 6.45) is 0. The summed E-state index contributed by atoms with van der Waals surface area (Å²) in [7, 11) is 0. The van der Waals surface area contributed by atoms with Crippen molar-refractivity contribution in [3.05, 3.63) is 112 Å². The molecule has 128 valence electrons. The highest BCUT2D eigenvalue weighted by Crippen LogP contribution is 2.55. The van der Waals surface area contributed by atoms with E-state index < -0.39 is 4.92 Å². The van der Waals surface area contributed by atoms with Crippen LogP contribution in [-0.4, -0.2) is 10.7 Å². The van der Waals surface area contributed by atoms with Gasteiger partial charge in [-0.2, -0.15) is 0 Å². The average Bonchev–Trinajstić information content (AvgIpc) is 2.68. The number of carbonyl (C=O) groups is 1. The molecular formula is C22H17NO3. The van der Waals surface area contributed by atoms with E-state index in [1.165, 1.54) is 12.1 Å². The van der Waals surface area contributed by atoms with Crippen LogP contribution in [0.25, 0.3) is 0 Å². The molecule has 1 aliphatic carbocycles. The van der Waals surface area contributed by atoms with Crippen molar-refractivity contribution in [1.82, 2.24) is 0 Å². The second-order valence-electron chi connectivity index (χ2n) is 6.55. The highest BCUT2D eigenvalue weighted by atomic mass is 16.6. The van der Waals surface area contributed by atoms with Crippen LogP contribution < -0.4 is 0 Å². The number of Topliss-reactive ketones (excluding diaryl/α,β-unsaturated/α-hetero) is 1. The van der Waals surface area contributed by atoms with Crippen molar-refractivity contribution in [3.63, 3.8) is 0 Å². The zero-order valence-electron chi connectivity index (χ0n) is 14.0. The van der Waals surface area contributed by atoms with Gasteiger partial charge in [-0.05, 0) is 16.7 Å². The van der Waals surface area contributed by atoms with Gasteiger partial charge in [0.05, 0.1) is 16.8 Å². The predicted molar refractivity (Wildman–Crippen MR) is 99.2 cm³/mol. The third kappa shape index (κ3) is 2.69. The molecule has 0 bridgehead atoms. The molecule has 3 unspecified atom stereocenters. The number of hydrogen-bond donors (Lipinski definition) is 0. The molecule has 4 rings (SSSR count). The highest BCUT2D eigenvalue weighted by molar-refractivity contribution is 6.00. The van der Waals surface area contributed by atoms with Gasteiger partial charge in [0, 0.05) is 18.1 Å². The summed E-state index contributed by atoms with van der Waals surface area (Å²) in [4.78, 5) is 23.5. The Kier molecular flexibility index (Phi) is 4.09. The molecule has 26 heavy (non-hydrogen) atoms. The maximum atomic E-state index is 13.0. The number of nitro benzene ring substituents is 1. The topological polar surface area (TPSA) is 60.2 Å². The summed E-state index contributed by atoms with van der Waals surface area (Å²) in [5.74, 6) is -0.256. The molecule has 3 aromatic carbocycles. The van der Waals surface area contributed by atoms with Crippen LogP contribution in [0.2, 0.25) is 0 Å². The first-order valence-electron chi connectivity index (χ1n) is 8.55. The number of nitrogens with zero attached hydrogens (tertiary/aromatic N) is 1. The van der Waals surface area contributed by atoms with Crippen molar-refractivity contribution in [2.24, 2.45) is 0 Å². The number of benzene rings is 3. The molecule has 0 heterocycles. The Morgan fingerprint density at radius 1 is 0.654 bits per heavy atom. The fourth-order valence-electron chi connectivity index (χ4n) is 3.89. The van der Waals surface area contributed by atoms with E-state index >= 15 is 0 Å². The molecule has 1 fully saturated rings. The van der Waals surface area contributed by atoms with Crippen molar-refractivity contribution in [1.29, 1.82) is 0 Å². The standard InChI is InChI=1S/C22H17NO3/c24-22-20(16-9-5-2-6-10-16)19(15-7-3-1-4-8-15)21(22)17-11-13-18(14-12-17)23(25)26/h1-14,19-21H. The lowest BCUT2D eigenvalue weighted by Crippen LogP contribution is -2.42. The molecular weight excluding hydrogens is 326 g/mol. The van der Waals surface area contributed by atoms with Crippen LogP contribution in [0.15, 0.2) is 84.9 Å². The maximum absolute atomic E-state index is 13.0. The Balaban J connectivity index is 1.74. The average molecular weight is 343 g/mol. The van der Waals surface area contributed by atoms with Gasteiger partial charge < -0.3 is 0 Å². The molecule has 1 aliphatic rings. The first-order chi connectivity index (χ1) is 12.7. The van der Waals surface area contributed by atoms with E-state index in [-0.39, 0.29) is 29.2 Å². The highest BCUT2D eigenvalue weighted by Gasteiger charge is 2.51. The molecule has 0 saturated heterocycles. The molecule has 0 N–H and O–H groups in total. The fraction of sp³-hybridized carbons (Fsp3) is 0.136. The Hall–Kier alpha value is -3.27. The summed E-state index contributed by atoms with van der Waals surface area (Å²) in [6.45, 7) is 0. The minimum atomic E-state index is -0.423. The number of ketones is 1. The lowest BCUT2D eigenvalue weighted by molar-refractivity contribution is -0.384. The van der Waals surface area contributed by atoms with Crippen molar-refractivity contribution in [2.45, 2.75) is 17.8 Å². The summed E-state index contributed by atoms with van der Waals surface area (Å²) in [5.41, 5.74) is 3.01. The zero-order valence-corrected chi connectivity index (χ0v) is 14.0. The summed E-state index contributed by atoms with van der Waals surface area (Å²) >= 11 is 0. The van der Waals surface area contributed by atoms with Gasteiger partial charge in [0.25, 0.3) is 5.69 Å². The van der Waals surface area contributed by atoms with Crippen LogP contribution in [0.1, 0.15) is 34.4 Å². The molecule has 0 aliphatic heterocycles. The summed E-state index contributed by atoms with van der Waals surface area (Å²) in [6, 6.07) is 26.2. The Morgan fingerprint density at radius 3 is 1.62 bits per heavy atom. The minimum Gasteiger partial charge on any atom is -0.298 e. The molecule has 4 heteroatoms. The van der Waals surface area contributed by atoms with Gasteiger partial charge in [0.15, 0.2) is 0 Å². The molecule has 3 atom stereocenters. The van der Waals surface area contributed by atoms with Crippen molar-refractivity contribution in [2.75, 3.05) is 0 Å². The zero-order chi connectivity index (χ0) is 18.1. The number of carbonyl (C=O) groups excluding carboxylic acids is 1. The van der Waals surface area contributed by atoms with E-state index in [0.717, 1.165) is 16.7 Å². The smallest absolute Gasteiger partial charge is 0.269 e. The molecule has 3 aromatic rings. The predicted octanol–water partition coefficient (Wildman–Crippen LogP) is 4.83. The lowest BCUT2D eigenvalue weighted by atomic mass is 9.56. The van der Waals surface area contributed by atoms with E-state index in [9.17, 15) is 14.9 Å². The van der Waals surface area contributed by atoms with E-state index in [1.807, 2.05) is 60.7 Å². The van der Waals surface area contributed by atoms with Gasteiger partial charge in [0.1, 0.15) is 5.78 Å². The van der Waals surface area contributed by atoms with Gasteiger partial charge in [-0.25, -0.2) is 0 Å². The van der Waals surface area contributed by atoms with Crippen molar-refractivity contribution >= 4 is 11.5 Å². The summed E-state index contributed by atoms with van der Waals surface area (Å²) in [5, 5.41) is 10.9. The SMILES string of the molecule is O=C1C(c2ccccc2)C(c2ccccc2)C1c1ccc([N+](=O)[O-])cc1. The molecule has 0 amide bonds. The minimum absolute atomic E-state index is 0.0348. The molecule has 0 spiro atoms. The number of nitro groups is 1. The Labute approximate surface area is 151 Å². The van der Waals surface area contributed by atoms with Crippen LogP contribution in [0.3, 0.4) is 0 Å². The van der Waals surface area contributed by atoms with Gasteiger partial charge in [-0.15, -0.1) is 0 Å². The van der Waals surface area contributed by atoms with E-state index in [0.29, 0.717) is 0 Å². The second kappa shape index (κ2) is 6.56. The lowest BCUT2D eigenvalue weighted by Gasteiger charge is -2.44. The van der Waals surface area contributed by atoms with Crippen LogP contribution in [0.5, 0.6) is 0 Å². The molecule has 1 saturated carbocycles. The van der Waals surface area contributed by atoms with Crippen LogP contribution in [0.4, 0.5) is 5.69 Å². The molecule has 0 radical (unpaired) electrons. The van der Waals surface area contributed by atoms with Crippen LogP contribution in [0, 0.1) is 10.1 Å².